The first-order valence-corrected chi connectivity index (χ1v) is 6.38. The molecule has 2 rings (SSSR count). The van der Waals surface area contributed by atoms with Gasteiger partial charge in [-0.05, 0) is 28.8 Å². The molecule has 0 aliphatic rings. The van der Waals surface area contributed by atoms with Crippen LogP contribution in [0.4, 0.5) is 5.69 Å². The Balaban J connectivity index is 2.56. The molecule has 1 heteroatoms. The Bertz CT molecular complexity index is 580. The minimum absolute atomic E-state index is 1.20. The zero-order chi connectivity index (χ0) is 13.7. The topological polar surface area (TPSA) is 3.24 Å². The Kier molecular flexibility index (Phi) is 4.19. The predicted octanol–water partition coefficient (Wildman–Crippen LogP) is 4.62. The normalized spacial score (nSPS) is 10.6. The number of benzene rings is 2. The summed E-state index contributed by atoms with van der Waals surface area (Å²) in [7, 11) is 4.12. The van der Waals surface area contributed by atoms with Crippen molar-refractivity contribution < 1.29 is 0 Å². The molecule has 0 aliphatic carbocycles. The quantitative estimate of drug-likeness (QED) is 0.715. The van der Waals surface area contributed by atoms with Crippen LogP contribution in [0.15, 0.2) is 67.3 Å². The van der Waals surface area contributed by atoms with Crippen molar-refractivity contribution in [2.45, 2.75) is 0 Å². The van der Waals surface area contributed by atoms with Crippen LogP contribution in [-0.4, -0.2) is 14.1 Å². The molecule has 0 radical (unpaired) electrons. The summed E-state index contributed by atoms with van der Waals surface area (Å²) in [6.07, 6.45) is 5.86. The third kappa shape index (κ3) is 3.14. The van der Waals surface area contributed by atoms with E-state index in [1.165, 1.54) is 22.4 Å². The van der Waals surface area contributed by atoms with E-state index in [9.17, 15) is 0 Å². The number of nitrogens with zero attached hydrogens (tertiary/aromatic N) is 1. The molecule has 0 spiro atoms. The van der Waals surface area contributed by atoms with Gasteiger partial charge in [-0.15, -0.1) is 0 Å². The van der Waals surface area contributed by atoms with Gasteiger partial charge >= 0.3 is 0 Å². The van der Waals surface area contributed by atoms with E-state index in [1.807, 2.05) is 12.1 Å². The molecule has 0 saturated carbocycles. The van der Waals surface area contributed by atoms with Crippen molar-refractivity contribution >= 4 is 11.8 Å². The second-order valence-corrected chi connectivity index (χ2v) is 4.63. The zero-order valence-corrected chi connectivity index (χ0v) is 11.5. The molecule has 1 nitrogen and oxygen atoms in total. The molecule has 0 unspecified atom stereocenters. The maximum atomic E-state index is 3.73. The van der Waals surface area contributed by atoms with Crippen molar-refractivity contribution in [2.75, 3.05) is 19.0 Å². The van der Waals surface area contributed by atoms with Gasteiger partial charge < -0.3 is 4.90 Å². The molecule has 0 aromatic heterocycles. The molecular formula is C18H19N. The lowest BCUT2D eigenvalue weighted by atomic mass is 9.98. The number of allylic oxidation sites excluding steroid dienone is 2. The van der Waals surface area contributed by atoms with E-state index in [1.54, 1.807) is 6.08 Å². The van der Waals surface area contributed by atoms with E-state index in [0.717, 1.165) is 0 Å². The van der Waals surface area contributed by atoms with Crippen LogP contribution >= 0.6 is 0 Å². The highest BCUT2D eigenvalue weighted by Crippen LogP contribution is 2.28. The highest BCUT2D eigenvalue weighted by Gasteiger charge is 2.05. The Hall–Kier alpha value is -2.28. The first-order valence-electron chi connectivity index (χ1n) is 6.38. The van der Waals surface area contributed by atoms with Crippen LogP contribution < -0.4 is 4.90 Å². The Morgan fingerprint density at radius 3 is 2.37 bits per heavy atom. The van der Waals surface area contributed by atoms with E-state index in [0.29, 0.717) is 0 Å². The molecule has 2 aromatic carbocycles. The molecule has 2 aromatic rings. The van der Waals surface area contributed by atoms with Gasteiger partial charge in [-0.3, -0.25) is 0 Å². The van der Waals surface area contributed by atoms with Gasteiger partial charge in [0.15, 0.2) is 0 Å². The molecule has 0 fully saturated rings. The van der Waals surface area contributed by atoms with E-state index < -0.39 is 0 Å². The highest BCUT2D eigenvalue weighted by atomic mass is 15.1. The molecule has 0 N–H and O–H groups in total. The molecule has 19 heavy (non-hydrogen) atoms. The lowest BCUT2D eigenvalue weighted by molar-refractivity contribution is 1.13. The lowest BCUT2D eigenvalue weighted by Gasteiger charge is -2.15. The second kappa shape index (κ2) is 6.05. The maximum absolute atomic E-state index is 3.73. The molecule has 0 saturated heterocycles. The number of hydrogen-bond acceptors (Lipinski definition) is 1. The number of rotatable bonds is 4. The van der Waals surface area contributed by atoms with Gasteiger partial charge in [-0.1, -0.05) is 61.2 Å². The van der Waals surface area contributed by atoms with Crippen LogP contribution in [0.25, 0.3) is 17.2 Å². The molecule has 0 bridgehead atoms. The zero-order valence-electron chi connectivity index (χ0n) is 11.5. The van der Waals surface area contributed by atoms with Gasteiger partial charge in [-0.25, -0.2) is 0 Å². The molecule has 0 amide bonds. The van der Waals surface area contributed by atoms with Crippen LogP contribution in [0, 0.1) is 0 Å². The van der Waals surface area contributed by atoms with E-state index in [-0.39, 0.29) is 0 Å². The van der Waals surface area contributed by atoms with E-state index in [4.69, 9.17) is 0 Å². The number of anilines is 1. The Morgan fingerprint density at radius 1 is 1.00 bits per heavy atom. The summed E-state index contributed by atoms with van der Waals surface area (Å²) in [6, 6.07) is 17.0. The van der Waals surface area contributed by atoms with Crippen molar-refractivity contribution in [1.82, 2.24) is 0 Å². The predicted molar refractivity (Wildman–Crippen MR) is 85.4 cm³/mol. The number of hydrogen-bond donors (Lipinski definition) is 0. The largest absolute Gasteiger partial charge is 0.378 e. The van der Waals surface area contributed by atoms with Gasteiger partial charge in [0.2, 0.25) is 0 Å². The monoisotopic (exact) mass is 249 g/mol. The maximum Gasteiger partial charge on any atom is 0.0367 e. The van der Waals surface area contributed by atoms with Crippen LogP contribution in [0.5, 0.6) is 0 Å². The van der Waals surface area contributed by atoms with Crippen LogP contribution in [-0.2, 0) is 0 Å². The third-order valence-electron chi connectivity index (χ3n) is 3.05. The fourth-order valence-corrected chi connectivity index (χ4v) is 2.01. The Labute approximate surface area is 115 Å². The van der Waals surface area contributed by atoms with Crippen LogP contribution in [0.3, 0.4) is 0 Å². The molecule has 96 valence electrons. The van der Waals surface area contributed by atoms with Gasteiger partial charge in [0, 0.05) is 19.8 Å². The lowest BCUT2D eigenvalue weighted by Crippen LogP contribution is -2.08. The summed E-state index contributed by atoms with van der Waals surface area (Å²) in [5, 5.41) is 0. The van der Waals surface area contributed by atoms with Crippen LogP contribution in [0.2, 0.25) is 0 Å². The molecule has 0 aliphatic heterocycles. The van der Waals surface area contributed by atoms with Crippen molar-refractivity contribution in [2.24, 2.45) is 0 Å². The standard InChI is InChI=1S/C18H19N/c1-4-5-9-16-12-13-17(19(2)3)14-18(16)15-10-7-6-8-11-15/h4-14H,1H2,2-3H3/b9-5+. The molecule has 0 atom stereocenters. The highest BCUT2D eigenvalue weighted by molar-refractivity contribution is 5.78. The van der Waals surface area contributed by atoms with Crippen molar-refractivity contribution in [3.8, 4) is 11.1 Å². The minimum Gasteiger partial charge on any atom is -0.378 e. The average molecular weight is 249 g/mol. The fourth-order valence-electron chi connectivity index (χ4n) is 2.01. The van der Waals surface area contributed by atoms with Gasteiger partial charge in [-0.2, -0.15) is 0 Å². The smallest absolute Gasteiger partial charge is 0.0367 e. The van der Waals surface area contributed by atoms with E-state index >= 15 is 0 Å². The van der Waals surface area contributed by atoms with E-state index in [2.05, 4.69) is 74.1 Å². The van der Waals surface area contributed by atoms with Crippen molar-refractivity contribution in [1.29, 1.82) is 0 Å². The van der Waals surface area contributed by atoms with Crippen LogP contribution in [0.1, 0.15) is 5.56 Å². The first-order chi connectivity index (χ1) is 9.22. The Morgan fingerprint density at radius 2 is 1.74 bits per heavy atom. The van der Waals surface area contributed by atoms with Gasteiger partial charge in [0.05, 0.1) is 0 Å². The van der Waals surface area contributed by atoms with Crippen molar-refractivity contribution in [3.63, 3.8) is 0 Å². The first kappa shape index (κ1) is 13.2. The summed E-state index contributed by atoms with van der Waals surface area (Å²) in [5.74, 6) is 0. The summed E-state index contributed by atoms with van der Waals surface area (Å²) < 4.78 is 0. The summed E-state index contributed by atoms with van der Waals surface area (Å²) in [4.78, 5) is 2.12. The van der Waals surface area contributed by atoms with Gasteiger partial charge in [0.25, 0.3) is 0 Å². The fraction of sp³-hybridized carbons (Fsp3) is 0.111. The minimum atomic E-state index is 1.20. The third-order valence-corrected chi connectivity index (χ3v) is 3.05. The second-order valence-electron chi connectivity index (χ2n) is 4.63. The van der Waals surface area contributed by atoms with Crippen molar-refractivity contribution in [3.05, 3.63) is 72.8 Å². The molecular weight excluding hydrogens is 230 g/mol. The summed E-state index contributed by atoms with van der Waals surface area (Å²) in [5.41, 5.74) is 4.88. The summed E-state index contributed by atoms with van der Waals surface area (Å²) >= 11 is 0. The summed E-state index contributed by atoms with van der Waals surface area (Å²) in [6.45, 7) is 3.73. The average Bonchev–Trinajstić information content (AvgIpc) is 2.45. The SMILES string of the molecule is C=C/C=C/c1ccc(N(C)C)cc1-c1ccccc1. The molecule has 0 heterocycles. The van der Waals surface area contributed by atoms with Gasteiger partial charge in [0.1, 0.15) is 0 Å².